The van der Waals surface area contributed by atoms with Crippen molar-refractivity contribution in [1.82, 2.24) is 14.9 Å². The lowest BCUT2D eigenvalue weighted by Crippen LogP contribution is -2.40. The minimum absolute atomic E-state index is 0.0102. The Balaban J connectivity index is 1.69. The highest BCUT2D eigenvalue weighted by atomic mass is 16.2. The number of fused-ring (bicyclic) bond motifs is 1. The van der Waals surface area contributed by atoms with E-state index in [0.717, 1.165) is 5.56 Å². The fourth-order valence-electron chi connectivity index (χ4n) is 2.75. The van der Waals surface area contributed by atoms with Crippen LogP contribution in [0.1, 0.15) is 19.4 Å². The van der Waals surface area contributed by atoms with Gasteiger partial charge in [0.1, 0.15) is 0 Å². The largest absolute Gasteiger partial charge is 0.337 e. The summed E-state index contributed by atoms with van der Waals surface area (Å²) in [7, 11) is 1.61. The number of rotatable bonds is 4. The van der Waals surface area contributed by atoms with Crippen molar-refractivity contribution in [2.75, 3.05) is 11.9 Å². The molecule has 2 amide bonds. The van der Waals surface area contributed by atoms with E-state index in [1.807, 2.05) is 12.1 Å². The lowest BCUT2D eigenvalue weighted by Gasteiger charge is -2.26. The van der Waals surface area contributed by atoms with Crippen molar-refractivity contribution in [1.29, 1.82) is 0 Å². The Bertz CT molecular complexity index is 1010. The second-order valence-corrected chi connectivity index (χ2v) is 6.95. The summed E-state index contributed by atoms with van der Waals surface area (Å²) in [4.78, 5) is 28.0. The summed E-state index contributed by atoms with van der Waals surface area (Å²) in [5.74, 6) is 0.0102. The smallest absolute Gasteiger partial charge is 0.320 e. The molecule has 1 heterocycles. The lowest BCUT2D eigenvalue weighted by molar-refractivity contribution is 0.249. The van der Waals surface area contributed by atoms with Crippen LogP contribution in [0, 0.1) is 0 Å². The predicted octanol–water partition coefficient (Wildman–Crippen LogP) is 3.03. The van der Waals surface area contributed by atoms with Crippen LogP contribution in [0.2, 0.25) is 0 Å². The fourth-order valence-corrected chi connectivity index (χ4v) is 2.75. The maximum absolute atomic E-state index is 12.2. The summed E-state index contributed by atoms with van der Waals surface area (Å²) in [5, 5.41) is 7.69. The number of carbonyl (C=O) groups excluding carboxylic acids is 1. The molecular weight excluding hydrogens is 328 g/mol. The monoisotopic (exact) mass is 350 g/mol. The van der Waals surface area contributed by atoms with Gasteiger partial charge in [-0.05, 0) is 16.3 Å². The second kappa shape index (κ2) is 7.00. The highest BCUT2D eigenvalue weighted by molar-refractivity contribution is 5.88. The van der Waals surface area contributed by atoms with E-state index >= 15 is 0 Å². The zero-order chi connectivity index (χ0) is 18.7. The molecule has 0 bridgehead atoms. The van der Waals surface area contributed by atoms with Gasteiger partial charge in [-0.1, -0.05) is 56.3 Å². The first-order valence-electron chi connectivity index (χ1n) is 8.42. The van der Waals surface area contributed by atoms with E-state index in [9.17, 15) is 9.59 Å². The van der Waals surface area contributed by atoms with E-state index in [1.165, 1.54) is 27.7 Å². The SMILES string of the molecule is Cn1ccnc(NC(=O)NCC(C)(C)c2ccc3ccccc3c2)c1=O. The molecule has 0 unspecified atom stereocenters. The van der Waals surface area contributed by atoms with Crippen LogP contribution >= 0.6 is 0 Å². The number of amides is 2. The molecule has 26 heavy (non-hydrogen) atoms. The molecule has 3 aromatic rings. The number of nitrogens with one attached hydrogen (secondary N) is 2. The molecule has 0 spiro atoms. The van der Waals surface area contributed by atoms with E-state index in [-0.39, 0.29) is 16.8 Å². The van der Waals surface area contributed by atoms with Gasteiger partial charge in [0.2, 0.25) is 5.82 Å². The molecule has 0 saturated heterocycles. The van der Waals surface area contributed by atoms with Crippen LogP contribution in [-0.4, -0.2) is 22.1 Å². The van der Waals surface area contributed by atoms with Crippen LogP contribution in [0.5, 0.6) is 0 Å². The van der Waals surface area contributed by atoms with E-state index in [2.05, 4.69) is 59.8 Å². The van der Waals surface area contributed by atoms with Crippen molar-refractivity contribution in [3.8, 4) is 0 Å². The maximum Gasteiger partial charge on any atom is 0.320 e. The Kier molecular flexibility index (Phi) is 4.75. The number of hydrogen-bond acceptors (Lipinski definition) is 3. The van der Waals surface area contributed by atoms with Crippen LogP contribution in [0.25, 0.3) is 10.8 Å². The summed E-state index contributed by atoms with van der Waals surface area (Å²) in [6.45, 7) is 4.55. The van der Waals surface area contributed by atoms with E-state index in [0.29, 0.717) is 6.54 Å². The first-order chi connectivity index (χ1) is 12.4. The third-order valence-electron chi connectivity index (χ3n) is 4.47. The number of carbonyl (C=O) groups is 1. The number of urea groups is 1. The Morgan fingerprint density at radius 3 is 2.65 bits per heavy atom. The van der Waals surface area contributed by atoms with Gasteiger partial charge in [0, 0.05) is 31.4 Å². The molecule has 1 aromatic heterocycles. The quantitative estimate of drug-likeness (QED) is 0.759. The van der Waals surface area contributed by atoms with Gasteiger partial charge in [-0.3, -0.25) is 10.1 Å². The van der Waals surface area contributed by atoms with Gasteiger partial charge in [0.25, 0.3) is 5.56 Å². The molecule has 134 valence electrons. The maximum atomic E-state index is 12.2. The van der Waals surface area contributed by atoms with Crippen molar-refractivity contribution in [2.24, 2.45) is 7.05 Å². The van der Waals surface area contributed by atoms with Crippen molar-refractivity contribution < 1.29 is 4.79 Å². The minimum atomic E-state index is -0.449. The van der Waals surface area contributed by atoms with Crippen LogP contribution in [0.3, 0.4) is 0 Å². The molecule has 0 aliphatic carbocycles. The Hall–Kier alpha value is -3.15. The highest BCUT2D eigenvalue weighted by Crippen LogP contribution is 2.26. The molecule has 0 atom stereocenters. The molecular formula is C20H22N4O2. The summed E-state index contributed by atoms with van der Waals surface area (Å²) < 4.78 is 1.36. The van der Waals surface area contributed by atoms with Gasteiger partial charge >= 0.3 is 6.03 Å². The molecule has 3 rings (SSSR count). The number of hydrogen-bond donors (Lipinski definition) is 2. The molecule has 0 aliphatic rings. The molecule has 0 saturated carbocycles. The average Bonchev–Trinajstić information content (AvgIpc) is 2.63. The van der Waals surface area contributed by atoms with Crippen molar-refractivity contribution in [3.05, 3.63) is 70.8 Å². The number of anilines is 1. The van der Waals surface area contributed by atoms with E-state index < -0.39 is 6.03 Å². The van der Waals surface area contributed by atoms with Gasteiger partial charge in [-0.25, -0.2) is 9.78 Å². The molecule has 6 nitrogen and oxygen atoms in total. The molecule has 2 aromatic carbocycles. The number of aryl methyl sites for hydroxylation is 1. The van der Waals surface area contributed by atoms with Gasteiger partial charge in [-0.15, -0.1) is 0 Å². The van der Waals surface area contributed by atoms with Crippen molar-refractivity contribution in [3.63, 3.8) is 0 Å². The molecule has 2 N–H and O–H groups in total. The summed E-state index contributed by atoms with van der Waals surface area (Å²) in [6, 6.07) is 14.0. The third-order valence-corrected chi connectivity index (χ3v) is 4.47. The third kappa shape index (κ3) is 3.74. The lowest BCUT2D eigenvalue weighted by atomic mass is 9.83. The Morgan fingerprint density at radius 1 is 1.15 bits per heavy atom. The molecule has 6 heteroatoms. The van der Waals surface area contributed by atoms with E-state index in [4.69, 9.17) is 0 Å². The normalized spacial score (nSPS) is 11.3. The van der Waals surface area contributed by atoms with Crippen LogP contribution in [-0.2, 0) is 12.5 Å². The van der Waals surface area contributed by atoms with Gasteiger partial charge in [0.05, 0.1) is 0 Å². The molecule has 0 aliphatic heterocycles. The fraction of sp³-hybridized carbons (Fsp3) is 0.250. The zero-order valence-corrected chi connectivity index (χ0v) is 15.1. The number of benzene rings is 2. The standard InChI is InChI=1S/C20H22N4O2/c1-20(2,16-9-8-14-6-4-5-7-15(14)12-16)13-22-19(26)23-17-18(25)24(3)11-10-21-17/h4-12H,13H2,1-3H3,(H2,21,22,23,26). The molecule has 0 fully saturated rings. The topological polar surface area (TPSA) is 76.0 Å². The number of aromatic nitrogens is 2. The first kappa shape index (κ1) is 17.7. The second-order valence-electron chi connectivity index (χ2n) is 6.95. The molecule has 0 radical (unpaired) electrons. The Labute approximate surface area is 151 Å². The zero-order valence-electron chi connectivity index (χ0n) is 15.1. The van der Waals surface area contributed by atoms with Gasteiger partial charge in [-0.2, -0.15) is 0 Å². The summed E-state index contributed by atoms with van der Waals surface area (Å²) in [6.07, 6.45) is 3.00. The van der Waals surface area contributed by atoms with Crippen molar-refractivity contribution >= 4 is 22.6 Å². The van der Waals surface area contributed by atoms with E-state index in [1.54, 1.807) is 7.05 Å². The van der Waals surface area contributed by atoms with Gasteiger partial charge in [0.15, 0.2) is 0 Å². The predicted molar refractivity (Wildman–Crippen MR) is 103 cm³/mol. The first-order valence-corrected chi connectivity index (χ1v) is 8.42. The van der Waals surface area contributed by atoms with Crippen LogP contribution in [0.15, 0.2) is 59.7 Å². The van der Waals surface area contributed by atoms with Gasteiger partial charge < -0.3 is 9.88 Å². The minimum Gasteiger partial charge on any atom is -0.337 e. The van der Waals surface area contributed by atoms with Crippen molar-refractivity contribution in [2.45, 2.75) is 19.3 Å². The summed E-state index contributed by atoms with van der Waals surface area (Å²) >= 11 is 0. The highest BCUT2D eigenvalue weighted by Gasteiger charge is 2.22. The average molecular weight is 350 g/mol. The summed E-state index contributed by atoms with van der Waals surface area (Å²) in [5.41, 5.74) is 0.512. The van der Waals surface area contributed by atoms with Crippen LogP contribution < -0.4 is 16.2 Å². The Morgan fingerprint density at radius 2 is 1.88 bits per heavy atom. The van der Waals surface area contributed by atoms with Crippen LogP contribution in [0.4, 0.5) is 10.6 Å². The number of nitrogens with zero attached hydrogens (tertiary/aromatic N) is 2.